The third-order valence-electron chi connectivity index (χ3n) is 0.943. The van der Waals surface area contributed by atoms with E-state index >= 15 is 0 Å². The molecule has 14 heavy (non-hydrogen) atoms. The minimum atomic E-state index is -0.991. The first-order valence-corrected chi connectivity index (χ1v) is 3.70. The van der Waals surface area contributed by atoms with Gasteiger partial charge in [-0.05, 0) is 11.8 Å². The maximum absolute atomic E-state index is 9.59. The van der Waals surface area contributed by atoms with Crippen LogP contribution in [-0.2, 0) is 9.59 Å². The van der Waals surface area contributed by atoms with Crippen molar-refractivity contribution < 1.29 is 101 Å². The molecule has 0 aromatic heterocycles. The number of carbonyl (C=O) groups excluding carboxylic acids is 2. The van der Waals surface area contributed by atoms with E-state index in [9.17, 15) is 19.8 Å². The molecule has 72 valence electrons. The molecule has 0 aromatic rings. The van der Waals surface area contributed by atoms with Crippen molar-refractivity contribution in [1.29, 1.82) is 0 Å². The number of rotatable bonds is 2. The van der Waals surface area contributed by atoms with E-state index in [0.29, 0.717) is 0 Å². The standard InChI is InChI=1S/2C4H8O2.K.Na/c2*1-3(2)4(5)6;;/h2*3H,1-2H3,(H,5,6);;/q;;2*+1/p-2. The van der Waals surface area contributed by atoms with Crippen LogP contribution in [0.1, 0.15) is 27.7 Å². The first kappa shape index (κ1) is 24.7. The molecule has 0 fully saturated rings. The van der Waals surface area contributed by atoms with Crippen molar-refractivity contribution in [2.75, 3.05) is 0 Å². The van der Waals surface area contributed by atoms with Crippen molar-refractivity contribution in [2.45, 2.75) is 27.7 Å². The predicted molar refractivity (Wildman–Crippen MR) is 39.7 cm³/mol. The van der Waals surface area contributed by atoms with Crippen molar-refractivity contribution in [3.8, 4) is 0 Å². The molecular weight excluding hydrogens is 222 g/mol. The quantitative estimate of drug-likeness (QED) is 0.446. The zero-order valence-corrected chi connectivity index (χ0v) is 14.9. The third kappa shape index (κ3) is 23.4. The number of aliphatic carboxylic acids is 2. The van der Waals surface area contributed by atoms with Gasteiger partial charge in [-0.1, -0.05) is 27.7 Å². The van der Waals surface area contributed by atoms with Gasteiger partial charge in [0, 0.05) is 11.9 Å². The minimum absolute atomic E-state index is 0. The van der Waals surface area contributed by atoms with Crippen molar-refractivity contribution in [1.82, 2.24) is 0 Å². The molecule has 4 nitrogen and oxygen atoms in total. The van der Waals surface area contributed by atoms with Crippen LogP contribution in [0.2, 0.25) is 0 Å². The van der Waals surface area contributed by atoms with E-state index < -0.39 is 11.9 Å². The molecule has 0 atom stereocenters. The second kappa shape index (κ2) is 14.6. The van der Waals surface area contributed by atoms with Gasteiger partial charge in [0.1, 0.15) is 0 Å². The Balaban J connectivity index is -0.0000000625. The third-order valence-corrected chi connectivity index (χ3v) is 0.943. The van der Waals surface area contributed by atoms with Crippen LogP contribution in [0.15, 0.2) is 0 Å². The van der Waals surface area contributed by atoms with E-state index in [0.717, 1.165) is 0 Å². The van der Waals surface area contributed by atoms with Gasteiger partial charge in [-0.2, -0.15) is 0 Å². The minimum Gasteiger partial charge on any atom is -0.550 e. The Kier molecular flexibility index (Phi) is 25.7. The SMILES string of the molecule is CC(C)C(=O)[O-].CC(C)C(=O)[O-].[K+].[Na+]. The summed E-state index contributed by atoms with van der Waals surface area (Å²) in [5.74, 6) is -2.67. The Labute approximate surface area is 150 Å². The Morgan fingerprint density at radius 1 is 0.857 bits per heavy atom. The zero-order valence-electron chi connectivity index (χ0n) is 9.79. The molecule has 0 unspecified atom stereocenters. The van der Waals surface area contributed by atoms with Gasteiger partial charge >= 0.3 is 80.9 Å². The summed E-state index contributed by atoms with van der Waals surface area (Å²) >= 11 is 0. The number of hydrogen-bond donors (Lipinski definition) is 0. The molecule has 0 aliphatic carbocycles. The van der Waals surface area contributed by atoms with Crippen LogP contribution in [0.3, 0.4) is 0 Å². The topological polar surface area (TPSA) is 80.3 Å². The van der Waals surface area contributed by atoms with E-state index in [4.69, 9.17) is 0 Å². The van der Waals surface area contributed by atoms with E-state index in [-0.39, 0.29) is 92.8 Å². The smallest absolute Gasteiger partial charge is 0.550 e. The van der Waals surface area contributed by atoms with Gasteiger partial charge in [-0.15, -0.1) is 0 Å². The molecule has 0 N–H and O–H groups in total. The van der Waals surface area contributed by atoms with Crippen LogP contribution >= 0.6 is 0 Å². The summed E-state index contributed by atoms with van der Waals surface area (Å²) in [6, 6.07) is 0. The van der Waals surface area contributed by atoms with E-state index in [1.165, 1.54) is 0 Å². The molecule has 0 amide bonds. The number of carbonyl (C=O) groups is 2. The van der Waals surface area contributed by atoms with Crippen molar-refractivity contribution in [2.24, 2.45) is 11.8 Å². The molecule has 0 radical (unpaired) electrons. The molecule has 0 saturated heterocycles. The molecule has 0 spiro atoms. The Hall–Kier alpha value is 1.58. The zero-order chi connectivity index (χ0) is 10.3. The molecule has 0 aliphatic heterocycles. The maximum Gasteiger partial charge on any atom is 1.00 e. The van der Waals surface area contributed by atoms with Gasteiger partial charge < -0.3 is 19.8 Å². The summed E-state index contributed by atoms with van der Waals surface area (Å²) in [7, 11) is 0. The average molecular weight is 236 g/mol. The van der Waals surface area contributed by atoms with Crippen LogP contribution in [0.25, 0.3) is 0 Å². The van der Waals surface area contributed by atoms with Gasteiger partial charge in [0.05, 0.1) is 0 Å². The number of carboxylic acid groups (broad SMARTS) is 2. The first-order valence-electron chi connectivity index (χ1n) is 3.70. The fraction of sp³-hybridized carbons (Fsp3) is 0.750. The van der Waals surface area contributed by atoms with E-state index in [1.807, 2.05) is 0 Å². The molecule has 0 rings (SSSR count). The summed E-state index contributed by atoms with van der Waals surface area (Å²) in [6.45, 7) is 6.31. The van der Waals surface area contributed by atoms with E-state index in [2.05, 4.69) is 0 Å². The van der Waals surface area contributed by atoms with Gasteiger partial charge in [0.25, 0.3) is 0 Å². The molecule has 0 saturated carbocycles. The summed E-state index contributed by atoms with van der Waals surface area (Å²) in [5.41, 5.74) is 0. The van der Waals surface area contributed by atoms with Crippen LogP contribution in [-0.4, -0.2) is 11.9 Å². The fourth-order valence-corrected chi connectivity index (χ4v) is 0. The molecular formula is C8H14KNaO4. The molecule has 6 heteroatoms. The Morgan fingerprint density at radius 3 is 0.929 bits per heavy atom. The predicted octanol–water partition coefficient (Wildman–Crippen LogP) is -7.21. The second-order valence-corrected chi connectivity index (χ2v) is 2.95. The van der Waals surface area contributed by atoms with Crippen molar-refractivity contribution in [3.63, 3.8) is 0 Å². The van der Waals surface area contributed by atoms with Gasteiger partial charge in [0.15, 0.2) is 0 Å². The fourth-order valence-electron chi connectivity index (χ4n) is 0. The van der Waals surface area contributed by atoms with Crippen LogP contribution < -0.4 is 91.2 Å². The summed E-state index contributed by atoms with van der Waals surface area (Å²) < 4.78 is 0. The summed E-state index contributed by atoms with van der Waals surface area (Å²) in [4.78, 5) is 19.2. The average Bonchev–Trinajstić information content (AvgIpc) is 1.88. The van der Waals surface area contributed by atoms with E-state index in [1.54, 1.807) is 27.7 Å². The summed E-state index contributed by atoms with van der Waals surface area (Å²) in [6.07, 6.45) is 0. The number of hydrogen-bond acceptors (Lipinski definition) is 4. The van der Waals surface area contributed by atoms with Crippen LogP contribution in [0, 0.1) is 11.8 Å². The Morgan fingerprint density at radius 2 is 0.929 bits per heavy atom. The molecule has 0 aromatic carbocycles. The van der Waals surface area contributed by atoms with Crippen LogP contribution in [0.4, 0.5) is 0 Å². The first-order chi connectivity index (χ1) is 5.29. The van der Waals surface area contributed by atoms with Crippen molar-refractivity contribution >= 4 is 11.9 Å². The molecule has 0 heterocycles. The summed E-state index contributed by atoms with van der Waals surface area (Å²) in [5, 5.41) is 19.2. The molecule has 0 bridgehead atoms. The number of carboxylic acids is 2. The maximum atomic E-state index is 9.59. The second-order valence-electron chi connectivity index (χ2n) is 2.95. The van der Waals surface area contributed by atoms with Gasteiger partial charge in [0.2, 0.25) is 0 Å². The largest absolute Gasteiger partial charge is 1.00 e. The van der Waals surface area contributed by atoms with Crippen LogP contribution in [0.5, 0.6) is 0 Å². The molecule has 0 aliphatic rings. The van der Waals surface area contributed by atoms with Gasteiger partial charge in [-0.3, -0.25) is 0 Å². The van der Waals surface area contributed by atoms with Crippen molar-refractivity contribution in [3.05, 3.63) is 0 Å². The normalized spacial score (nSPS) is 7.86. The monoisotopic (exact) mass is 236 g/mol. The Bertz CT molecular complexity index is 141. The van der Waals surface area contributed by atoms with Gasteiger partial charge in [-0.25, -0.2) is 0 Å².